The normalized spacial score (nSPS) is 15.6. The summed E-state index contributed by atoms with van der Waals surface area (Å²) in [5.74, 6) is -3.61. The van der Waals surface area contributed by atoms with Crippen molar-refractivity contribution < 1.29 is 18.3 Å². The Labute approximate surface area is 101 Å². The number of carbonyl (C=O) groups is 1. The van der Waals surface area contributed by atoms with Crippen molar-refractivity contribution in [3.05, 3.63) is 34.2 Å². The van der Waals surface area contributed by atoms with E-state index in [9.17, 15) is 18.5 Å². The van der Waals surface area contributed by atoms with E-state index in [2.05, 4.69) is 0 Å². The number of rotatable bonds is 2. The van der Waals surface area contributed by atoms with E-state index in [1.54, 1.807) is 4.90 Å². The predicted octanol–water partition coefficient (Wildman–Crippen LogP) is 1.71. The zero-order chi connectivity index (χ0) is 13.1. The third-order valence-electron chi connectivity index (χ3n) is 2.70. The molecule has 5 nitrogen and oxygen atoms in total. The fourth-order valence-electron chi connectivity index (χ4n) is 1.81. The lowest BCUT2D eigenvalue weighted by Crippen LogP contribution is -2.36. The molecule has 0 bridgehead atoms. The number of hydrogen-bond donors (Lipinski definition) is 0. The lowest BCUT2D eigenvalue weighted by molar-refractivity contribution is 0.0992. The van der Waals surface area contributed by atoms with Gasteiger partial charge in [-0.3, -0.25) is 4.79 Å². The molecule has 0 aliphatic carbocycles. The summed E-state index contributed by atoms with van der Waals surface area (Å²) in [6, 6.07) is 2.04. The number of benzene rings is 1. The summed E-state index contributed by atoms with van der Waals surface area (Å²) in [6.07, 6.45) is 0. The molecule has 2 rings (SSSR count). The highest BCUT2D eigenvalue weighted by molar-refractivity contribution is 5.95. The summed E-state index contributed by atoms with van der Waals surface area (Å²) in [6.45, 7) is 1.97. The van der Waals surface area contributed by atoms with Crippen LogP contribution < -0.4 is 4.90 Å². The van der Waals surface area contributed by atoms with Gasteiger partial charge >= 0.3 is 5.91 Å². The van der Waals surface area contributed by atoms with Crippen LogP contribution in [0.2, 0.25) is 0 Å². The van der Waals surface area contributed by atoms with Crippen LogP contribution in [-0.2, 0) is 4.74 Å². The first-order valence-electron chi connectivity index (χ1n) is 5.33. The lowest BCUT2D eigenvalue weighted by Gasteiger charge is -2.29. The standard InChI is InChI=1S/C11H10F2N2O3/c12-8-5-7(15-1-3-18-4-2-15)6-9(13)10(8)11(16)14-17/h5-6H,1-4H2. The molecule has 1 aromatic carbocycles. The summed E-state index contributed by atoms with van der Waals surface area (Å²) in [5.41, 5.74) is -0.599. The molecule has 0 aromatic heterocycles. The van der Waals surface area contributed by atoms with Crippen LogP contribution in [0, 0.1) is 16.5 Å². The average molecular weight is 256 g/mol. The van der Waals surface area contributed by atoms with Gasteiger partial charge < -0.3 is 9.64 Å². The van der Waals surface area contributed by atoms with Crippen molar-refractivity contribution in [3.63, 3.8) is 0 Å². The molecule has 1 aliphatic heterocycles. The molecule has 1 aromatic rings. The smallest absolute Gasteiger partial charge is 0.322 e. The van der Waals surface area contributed by atoms with Crippen molar-refractivity contribution in [1.82, 2.24) is 0 Å². The van der Waals surface area contributed by atoms with Gasteiger partial charge in [-0.05, 0) is 12.1 Å². The molecule has 1 amide bonds. The van der Waals surface area contributed by atoms with Gasteiger partial charge in [0.15, 0.2) is 0 Å². The van der Waals surface area contributed by atoms with Crippen molar-refractivity contribution in [2.75, 3.05) is 31.2 Å². The minimum atomic E-state index is -1.45. The number of amides is 1. The van der Waals surface area contributed by atoms with Crippen molar-refractivity contribution in [3.8, 4) is 0 Å². The molecule has 0 unspecified atom stereocenters. The minimum Gasteiger partial charge on any atom is -0.378 e. The third kappa shape index (κ3) is 2.35. The Morgan fingerprint density at radius 3 is 2.28 bits per heavy atom. The Morgan fingerprint density at radius 1 is 1.22 bits per heavy atom. The van der Waals surface area contributed by atoms with E-state index < -0.39 is 23.1 Å². The van der Waals surface area contributed by atoms with Crippen molar-refractivity contribution in [1.29, 1.82) is 0 Å². The molecular weight excluding hydrogens is 246 g/mol. The van der Waals surface area contributed by atoms with E-state index in [1.165, 1.54) is 0 Å². The molecule has 1 aliphatic rings. The first-order valence-corrected chi connectivity index (χ1v) is 5.33. The molecule has 7 heteroatoms. The van der Waals surface area contributed by atoms with Crippen LogP contribution in [0.25, 0.3) is 0 Å². The molecule has 1 saturated heterocycles. The Hall–Kier alpha value is -1.89. The van der Waals surface area contributed by atoms with Crippen LogP contribution in [-0.4, -0.2) is 32.2 Å². The van der Waals surface area contributed by atoms with Gasteiger partial charge in [-0.15, -0.1) is 4.91 Å². The second-order valence-electron chi connectivity index (χ2n) is 3.78. The second kappa shape index (κ2) is 5.18. The van der Waals surface area contributed by atoms with E-state index in [0.717, 1.165) is 12.1 Å². The number of nitroso groups, excluding NO2 is 1. The van der Waals surface area contributed by atoms with Crippen LogP contribution in [0.15, 0.2) is 17.3 Å². The predicted molar refractivity (Wildman–Crippen MR) is 59.5 cm³/mol. The van der Waals surface area contributed by atoms with E-state index in [4.69, 9.17) is 4.74 Å². The molecule has 0 radical (unpaired) electrons. The van der Waals surface area contributed by atoms with E-state index in [0.29, 0.717) is 32.0 Å². The first-order chi connectivity index (χ1) is 8.63. The van der Waals surface area contributed by atoms with Crippen molar-refractivity contribution in [2.24, 2.45) is 5.18 Å². The maximum Gasteiger partial charge on any atom is 0.322 e. The molecule has 0 atom stereocenters. The van der Waals surface area contributed by atoms with Gasteiger partial charge in [0.1, 0.15) is 17.2 Å². The average Bonchev–Trinajstić information content (AvgIpc) is 2.38. The van der Waals surface area contributed by atoms with E-state index >= 15 is 0 Å². The molecule has 1 fully saturated rings. The zero-order valence-corrected chi connectivity index (χ0v) is 9.36. The van der Waals surface area contributed by atoms with E-state index in [-0.39, 0.29) is 0 Å². The van der Waals surface area contributed by atoms with Crippen LogP contribution in [0.3, 0.4) is 0 Å². The van der Waals surface area contributed by atoms with Crippen molar-refractivity contribution >= 4 is 11.6 Å². The summed E-state index contributed by atoms with van der Waals surface area (Å²) >= 11 is 0. The summed E-state index contributed by atoms with van der Waals surface area (Å²) in [7, 11) is 0. The molecule has 0 spiro atoms. The molecule has 96 valence electrons. The third-order valence-corrected chi connectivity index (χ3v) is 2.70. The second-order valence-corrected chi connectivity index (χ2v) is 3.78. The molecule has 18 heavy (non-hydrogen) atoms. The first kappa shape index (κ1) is 12.6. The Kier molecular flexibility index (Phi) is 3.61. The van der Waals surface area contributed by atoms with Crippen LogP contribution in [0.1, 0.15) is 10.4 Å². The minimum absolute atomic E-state index is 0.316. The number of anilines is 1. The lowest BCUT2D eigenvalue weighted by atomic mass is 10.1. The Morgan fingerprint density at radius 2 is 1.78 bits per heavy atom. The molecule has 1 heterocycles. The van der Waals surface area contributed by atoms with Gasteiger partial charge in [-0.25, -0.2) is 8.78 Å². The van der Waals surface area contributed by atoms with Gasteiger partial charge in [0.25, 0.3) is 0 Å². The van der Waals surface area contributed by atoms with Crippen LogP contribution in [0.4, 0.5) is 14.5 Å². The number of nitrogens with zero attached hydrogens (tertiary/aromatic N) is 2. The Balaban J connectivity index is 2.35. The van der Waals surface area contributed by atoms with Gasteiger partial charge in [-0.2, -0.15) is 0 Å². The summed E-state index contributed by atoms with van der Waals surface area (Å²) in [4.78, 5) is 22.7. The maximum absolute atomic E-state index is 13.6. The molecule has 0 N–H and O–H groups in total. The highest BCUT2D eigenvalue weighted by Crippen LogP contribution is 2.23. The zero-order valence-electron chi connectivity index (χ0n) is 9.36. The van der Waals surface area contributed by atoms with Gasteiger partial charge in [0, 0.05) is 24.0 Å². The fourth-order valence-corrected chi connectivity index (χ4v) is 1.81. The van der Waals surface area contributed by atoms with E-state index in [1.807, 2.05) is 5.18 Å². The largest absolute Gasteiger partial charge is 0.378 e. The topological polar surface area (TPSA) is 59.0 Å². The highest BCUT2D eigenvalue weighted by atomic mass is 19.1. The number of hydrogen-bond acceptors (Lipinski definition) is 4. The SMILES string of the molecule is O=NC(=O)c1c(F)cc(N2CCOCC2)cc1F. The molecule has 0 saturated carbocycles. The van der Waals surface area contributed by atoms with Crippen LogP contribution >= 0.6 is 0 Å². The van der Waals surface area contributed by atoms with Gasteiger partial charge in [-0.1, -0.05) is 0 Å². The fraction of sp³-hybridized carbons (Fsp3) is 0.364. The number of halogens is 2. The quantitative estimate of drug-likeness (QED) is 0.756. The highest BCUT2D eigenvalue weighted by Gasteiger charge is 2.21. The molecular formula is C11H10F2N2O3. The monoisotopic (exact) mass is 256 g/mol. The Bertz CT molecular complexity index is 464. The summed E-state index contributed by atoms with van der Waals surface area (Å²) in [5, 5.41) is 2.02. The summed E-state index contributed by atoms with van der Waals surface area (Å²) < 4.78 is 32.3. The van der Waals surface area contributed by atoms with Crippen molar-refractivity contribution in [2.45, 2.75) is 0 Å². The van der Waals surface area contributed by atoms with Gasteiger partial charge in [0.05, 0.1) is 13.2 Å². The number of ether oxygens (including phenoxy) is 1. The maximum atomic E-state index is 13.6. The van der Waals surface area contributed by atoms with Gasteiger partial charge in [0.2, 0.25) is 0 Å². The number of morpholine rings is 1. The van der Waals surface area contributed by atoms with Crippen LogP contribution in [0.5, 0.6) is 0 Å². The number of carbonyl (C=O) groups excluding carboxylic acids is 1.